The summed E-state index contributed by atoms with van der Waals surface area (Å²) in [7, 11) is 0. The van der Waals surface area contributed by atoms with Crippen LogP contribution in [0.25, 0.3) is 0 Å². The molecule has 0 aromatic rings. The molecule has 0 aromatic carbocycles. The second-order valence-corrected chi connectivity index (χ2v) is 4.93. The van der Waals surface area contributed by atoms with Gasteiger partial charge in [-0.3, -0.25) is 5.32 Å². The quantitative estimate of drug-likeness (QED) is 0.751. The highest BCUT2D eigenvalue weighted by molar-refractivity contribution is 5.69. The maximum atomic E-state index is 11.4. The number of hydrogen-bond acceptors (Lipinski definition) is 4. The van der Waals surface area contributed by atoms with Gasteiger partial charge < -0.3 is 14.4 Å². The number of hydrogen-bond donors (Lipinski definition) is 1. The summed E-state index contributed by atoms with van der Waals surface area (Å²) in [6.07, 6.45) is 1.04. The standard InChI is InChI=1S/C11H20N2O4/c1-11(2,3)17-9(14)12-8-16-10(15)13-6-4-5-7-13/h4-8H2,1-3H3,(H,12,14). The molecule has 98 valence electrons. The van der Waals surface area contributed by atoms with Gasteiger partial charge in [-0.2, -0.15) is 0 Å². The number of nitrogens with one attached hydrogen (secondary N) is 1. The second kappa shape index (κ2) is 5.75. The molecule has 1 fully saturated rings. The van der Waals surface area contributed by atoms with Crippen LogP contribution in [0.2, 0.25) is 0 Å². The summed E-state index contributed by atoms with van der Waals surface area (Å²) in [6, 6.07) is 0. The Morgan fingerprint density at radius 1 is 1.24 bits per heavy atom. The Balaban J connectivity index is 2.14. The molecule has 1 heterocycles. The average Bonchev–Trinajstić information content (AvgIpc) is 2.66. The van der Waals surface area contributed by atoms with Gasteiger partial charge in [-0.25, -0.2) is 9.59 Å². The van der Waals surface area contributed by atoms with Gasteiger partial charge in [0.2, 0.25) is 0 Å². The van der Waals surface area contributed by atoms with Gasteiger partial charge in [0.1, 0.15) is 5.60 Å². The largest absolute Gasteiger partial charge is 0.444 e. The van der Waals surface area contributed by atoms with Crippen LogP contribution in [-0.2, 0) is 9.47 Å². The molecule has 1 rings (SSSR count). The number of likely N-dealkylation sites (tertiary alicyclic amines) is 1. The van der Waals surface area contributed by atoms with Gasteiger partial charge in [-0.15, -0.1) is 0 Å². The SMILES string of the molecule is CC(C)(C)OC(=O)NCOC(=O)N1CCCC1. The van der Waals surface area contributed by atoms with Crippen LogP contribution in [0.1, 0.15) is 33.6 Å². The first kappa shape index (κ1) is 13.6. The van der Waals surface area contributed by atoms with Crippen molar-refractivity contribution in [1.82, 2.24) is 10.2 Å². The van der Waals surface area contributed by atoms with E-state index in [9.17, 15) is 9.59 Å². The fourth-order valence-corrected chi connectivity index (χ4v) is 1.46. The van der Waals surface area contributed by atoms with Crippen molar-refractivity contribution < 1.29 is 19.1 Å². The monoisotopic (exact) mass is 244 g/mol. The van der Waals surface area contributed by atoms with Crippen LogP contribution in [0, 0.1) is 0 Å². The summed E-state index contributed by atoms with van der Waals surface area (Å²) in [5.41, 5.74) is -0.553. The Hall–Kier alpha value is -1.46. The van der Waals surface area contributed by atoms with E-state index in [1.54, 1.807) is 25.7 Å². The topological polar surface area (TPSA) is 67.9 Å². The first-order valence-electron chi connectivity index (χ1n) is 5.77. The number of alkyl carbamates (subject to hydrolysis) is 1. The molecule has 0 aliphatic carbocycles. The van der Waals surface area contributed by atoms with Crippen molar-refractivity contribution in [2.75, 3.05) is 19.8 Å². The summed E-state index contributed by atoms with van der Waals surface area (Å²) < 4.78 is 9.88. The van der Waals surface area contributed by atoms with Gasteiger partial charge in [0, 0.05) is 13.1 Å². The predicted octanol–water partition coefficient (Wildman–Crippen LogP) is 1.70. The van der Waals surface area contributed by atoms with E-state index in [0.717, 1.165) is 25.9 Å². The molecule has 6 heteroatoms. The van der Waals surface area contributed by atoms with Crippen molar-refractivity contribution in [2.24, 2.45) is 0 Å². The fraction of sp³-hybridized carbons (Fsp3) is 0.818. The molecule has 1 aliphatic heterocycles. The van der Waals surface area contributed by atoms with Crippen LogP contribution < -0.4 is 5.32 Å². The molecular weight excluding hydrogens is 224 g/mol. The Labute approximate surface area is 101 Å². The number of carbonyl (C=O) groups is 2. The molecule has 0 bridgehead atoms. The third-order valence-electron chi connectivity index (χ3n) is 2.18. The normalized spacial score (nSPS) is 15.6. The minimum atomic E-state index is -0.591. The highest BCUT2D eigenvalue weighted by Crippen LogP contribution is 2.08. The Bertz CT molecular complexity index is 280. The molecule has 0 atom stereocenters. The zero-order valence-electron chi connectivity index (χ0n) is 10.6. The van der Waals surface area contributed by atoms with Crippen molar-refractivity contribution in [3.8, 4) is 0 Å². The molecule has 6 nitrogen and oxygen atoms in total. The summed E-state index contributed by atoms with van der Waals surface area (Å²) in [5.74, 6) is 0. The van der Waals surface area contributed by atoms with E-state index in [1.165, 1.54) is 0 Å². The molecule has 0 unspecified atom stereocenters. The average molecular weight is 244 g/mol. The van der Waals surface area contributed by atoms with Crippen LogP contribution >= 0.6 is 0 Å². The van der Waals surface area contributed by atoms with E-state index in [2.05, 4.69) is 5.32 Å². The summed E-state index contributed by atoms with van der Waals surface area (Å²) in [6.45, 7) is 6.59. The zero-order valence-corrected chi connectivity index (χ0v) is 10.6. The summed E-state index contributed by atoms with van der Waals surface area (Å²) >= 11 is 0. The van der Waals surface area contributed by atoms with Crippen molar-refractivity contribution >= 4 is 12.2 Å². The molecular formula is C11H20N2O4. The lowest BCUT2D eigenvalue weighted by molar-refractivity contribution is 0.0432. The van der Waals surface area contributed by atoms with Crippen molar-refractivity contribution in [2.45, 2.75) is 39.2 Å². The Morgan fingerprint density at radius 3 is 2.35 bits per heavy atom. The zero-order chi connectivity index (χ0) is 12.9. The lowest BCUT2D eigenvalue weighted by Gasteiger charge is -2.20. The van der Waals surface area contributed by atoms with Crippen LogP contribution in [0.3, 0.4) is 0 Å². The summed E-state index contributed by atoms with van der Waals surface area (Å²) in [5, 5.41) is 2.36. The predicted molar refractivity (Wildman–Crippen MR) is 61.5 cm³/mol. The number of nitrogens with zero attached hydrogens (tertiary/aromatic N) is 1. The Morgan fingerprint density at radius 2 is 1.82 bits per heavy atom. The molecule has 1 saturated heterocycles. The van der Waals surface area contributed by atoms with Crippen molar-refractivity contribution in [1.29, 1.82) is 0 Å². The van der Waals surface area contributed by atoms with Gasteiger partial charge >= 0.3 is 12.2 Å². The lowest BCUT2D eigenvalue weighted by atomic mass is 10.2. The van der Waals surface area contributed by atoms with E-state index in [0.29, 0.717) is 0 Å². The number of amides is 2. The third kappa shape index (κ3) is 5.42. The van der Waals surface area contributed by atoms with Gasteiger partial charge in [0.25, 0.3) is 0 Å². The minimum Gasteiger partial charge on any atom is -0.444 e. The molecule has 0 saturated carbocycles. The van der Waals surface area contributed by atoms with Crippen LogP contribution in [0.15, 0.2) is 0 Å². The molecule has 2 amide bonds. The molecule has 17 heavy (non-hydrogen) atoms. The molecule has 0 spiro atoms. The van der Waals surface area contributed by atoms with Crippen LogP contribution in [0.5, 0.6) is 0 Å². The maximum absolute atomic E-state index is 11.4. The molecule has 1 aliphatic rings. The Kier molecular flexibility index (Phi) is 4.60. The highest BCUT2D eigenvalue weighted by Gasteiger charge is 2.20. The van der Waals surface area contributed by atoms with E-state index >= 15 is 0 Å². The van der Waals surface area contributed by atoms with Gasteiger partial charge in [-0.1, -0.05) is 0 Å². The van der Waals surface area contributed by atoms with Gasteiger partial charge in [0.15, 0.2) is 6.73 Å². The second-order valence-electron chi connectivity index (χ2n) is 4.93. The van der Waals surface area contributed by atoms with E-state index < -0.39 is 17.8 Å². The van der Waals surface area contributed by atoms with Crippen molar-refractivity contribution in [3.63, 3.8) is 0 Å². The third-order valence-corrected chi connectivity index (χ3v) is 2.18. The molecule has 0 aromatic heterocycles. The van der Waals surface area contributed by atoms with Crippen LogP contribution in [0.4, 0.5) is 9.59 Å². The van der Waals surface area contributed by atoms with Crippen LogP contribution in [-0.4, -0.2) is 42.5 Å². The van der Waals surface area contributed by atoms with E-state index in [-0.39, 0.29) is 6.73 Å². The first-order valence-corrected chi connectivity index (χ1v) is 5.77. The minimum absolute atomic E-state index is 0.162. The van der Waals surface area contributed by atoms with E-state index in [4.69, 9.17) is 9.47 Å². The summed E-state index contributed by atoms with van der Waals surface area (Å²) in [4.78, 5) is 24.3. The maximum Gasteiger partial charge on any atom is 0.411 e. The fourth-order valence-electron chi connectivity index (χ4n) is 1.46. The number of rotatable bonds is 2. The highest BCUT2D eigenvalue weighted by atomic mass is 16.6. The molecule has 0 radical (unpaired) electrons. The van der Waals surface area contributed by atoms with Crippen molar-refractivity contribution in [3.05, 3.63) is 0 Å². The van der Waals surface area contributed by atoms with Gasteiger partial charge in [-0.05, 0) is 33.6 Å². The smallest absolute Gasteiger partial charge is 0.411 e. The van der Waals surface area contributed by atoms with E-state index in [1.807, 2.05) is 0 Å². The molecule has 1 N–H and O–H groups in total. The number of ether oxygens (including phenoxy) is 2. The first-order chi connectivity index (χ1) is 7.88. The van der Waals surface area contributed by atoms with Gasteiger partial charge in [0.05, 0.1) is 0 Å². The number of carbonyl (C=O) groups excluding carboxylic acids is 2. The lowest BCUT2D eigenvalue weighted by Crippen LogP contribution is -2.36.